The van der Waals surface area contributed by atoms with Gasteiger partial charge in [0.2, 0.25) is 0 Å². The van der Waals surface area contributed by atoms with Gasteiger partial charge >= 0.3 is 0 Å². The van der Waals surface area contributed by atoms with E-state index < -0.39 is 0 Å². The molecule has 3 nitrogen and oxygen atoms in total. The lowest BCUT2D eigenvalue weighted by Crippen LogP contribution is -2.43. The number of nitrogens with one attached hydrogen (secondary N) is 1. The van der Waals surface area contributed by atoms with Gasteiger partial charge in [0.05, 0.1) is 6.61 Å². The molecule has 0 aromatic rings. The van der Waals surface area contributed by atoms with Gasteiger partial charge in [0.1, 0.15) is 0 Å². The fourth-order valence-electron chi connectivity index (χ4n) is 4.04. The van der Waals surface area contributed by atoms with Crippen molar-refractivity contribution < 1.29 is 5.11 Å². The number of hydrogen-bond acceptors (Lipinski definition) is 3. The molecule has 0 radical (unpaired) electrons. The Kier molecular flexibility index (Phi) is 4.79. The number of dihydropyridines is 1. The zero-order chi connectivity index (χ0) is 13.8. The van der Waals surface area contributed by atoms with Crippen LogP contribution in [0.5, 0.6) is 0 Å². The molecule has 3 aliphatic rings. The van der Waals surface area contributed by atoms with Gasteiger partial charge in [-0.1, -0.05) is 31.8 Å². The van der Waals surface area contributed by atoms with Crippen molar-refractivity contribution in [3.63, 3.8) is 0 Å². The monoisotopic (exact) mass is 276 g/mol. The van der Waals surface area contributed by atoms with Crippen LogP contribution in [0.3, 0.4) is 0 Å². The number of rotatable bonds is 5. The molecular weight excluding hydrogens is 248 g/mol. The van der Waals surface area contributed by atoms with Crippen molar-refractivity contribution in [1.29, 1.82) is 0 Å². The molecule has 2 fully saturated rings. The Morgan fingerprint density at radius 2 is 1.60 bits per heavy atom. The molecule has 0 atom stereocenters. The Morgan fingerprint density at radius 3 is 2.05 bits per heavy atom. The highest BCUT2D eigenvalue weighted by molar-refractivity contribution is 5.25. The SMILES string of the molecule is OCC1=CC=C(CN(C2CCCC2)C2CCCC2)CN1. The summed E-state index contributed by atoms with van der Waals surface area (Å²) in [6, 6.07) is 1.64. The van der Waals surface area contributed by atoms with E-state index in [1.807, 2.05) is 6.08 Å². The third kappa shape index (κ3) is 3.26. The van der Waals surface area contributed by atoms with Crippen molar-refractivity contribution in [3.8, 4) is 0 Å². The highest BCUT2D eigenvalue weighted by Gasteiger charge is 2.30. The molecule has 112 valence electrons. The summed E-state index contributed by atoms with van der Waals surface area (Å²) in [6.07, 6.45) is 15.5. The Bertz CT molecular complexity index is 360. The first-order chi connectivity index (χ1) is 9.86. The number of aliphatic hydroxyl groups excluding tert-OH is 1. The van der Waals surface area contributed by atoms with Crippen molar-refractivity contribution in [2.45, 2.75) is 63.5 Å². The number of nitrogens with zero attached hydrogens (tertiary/aromatic N) is 1. The van der Waals surface area contributed by atoms with Crippen molar-refractivity contribution in [2.24, 2.45) is 0 Å². The molecule has 3 rings (SSSR count). The van der Waals surface area contributed by atoms with E-state index in [2.05, 4.69) is 16.3 Å². The fraction of sp³-hybridized carbons (Fsp3) is 0.765. The second-order valence-corrected chi connectivity index (χ2v) is 6.58. The average molecular weight is 276 g/mol. The van der Waals surface area contributed by atoms with Crippen LogP contribution in [0.1, 0.15) is 51.4 Å². The zero-order valence-electron chi connectivity index (χ0n) is 12.5. The lowest BCUT2D eigenvalue weighted by Gasteiger charge is -2.35. The molecule has 0 aromatic heterocycles. The Labute approximate surface area is 122 Å². The van der Waals surface area contributed by atoms with E-state index >= 15 is 0 Å². The average Bonchev–Trinajstić information content (AvgIpc) is 3.19. The van der Waals surface area contributed by atoms with Crippen LogP contribution in [-0.4, -0.2) is 41.8 Å². The number of aliphatic hydroxyl groups is 1. The maximum absolute atomic E-state index is 9.13. The van der Waals surface area contributed by atoms with Gasteiger partial charge in [0, 0.05) is 30.9 Å². The van der Waals surface area contributed by atoms with E-state index in [1.54, 1.807) is 0 Å². The van der Waals surface area contributed by atoms with E-state index in [0.29, 0.717) is 0 Å². The molecule has 20 heavy (non-hydrogen) atoms. The molecular formula is C17H28N2O. The molecule has 0 bridgehead atoms. The van der Waals surface area contributed by atoms with Crippen LogP contribution >= 0.6 is 0 Å². The third-order valence-corrected chi connectivity index (χ3v) is 5.21. The first-order valence-electron chi connectivity index (χ1n) is 8.36. The third-order valence-electron chi connectivity index (χ3n) is 5.21. The normalized spacial score (nSPS) is 24.9. The van der Waals surface area contributed by atoms with Crippen LogP contribution < -0.4 is 5.32 Å². The molecule has 0 unspecified atom stereocenters. The number of allylic oxidation sites excluding steroid dienone is 2. The van der Waals surface area contributed by atoms with E-state index in [-0.39, 0.29) is 6.61 Å². The van der Waals surface area contributed by atoms with E-state index in [9.17, 15) is 0 Å². The second-order valence-electron chi connectivity index (χ2n) is 6.58. The van der Waals surface area contributed by atoms with Crippen LogP contribution in [0.2, 0.25) is 0 Å². The minimum atomic E-state index is 0.124. The Morgan fingerprint density at radius 1 is 1.00 bits per heavy atom. The molecule has 2 saturated carbocycles. The molecule has 0 spiro atoms. The highest BCUT2D eigenvalue weighted by Crippen LogP contribution is 2.32. The topological polar surface area (TPSA) is 35.5 Å². The van der Waals surface area contributed by atoms with Gasteiger partial charge in [-0.2, -0.15) is 0 Å². The fourth-order valence-corrected chi connectivity index (χ4v) is 4.04. The van der Waals surface area contributed by atoms with E-state index in [0.717, 1.165) is 30.9 Å². The van der Waals surface area contributed by atoms with Gasteiger partial charge in [0.15, 0.2) is 0 Å². The Balaban J connectivity index is 1.66. The predicted molar refractivity (Wildman–Crippen MR) is 82.5 cm³/mol. The lowest BCUT2D eigenvalue weighted by molar-refractivity contribution is 0.150. The summed E-state index contributed by atoms with van der Waals surface area (Å²) in [7, 11) is 0. The molecule has 1 heterocycles. The predicted octanol–water partition coefficient (Wildman–Crippen LogP) is 2.58. The smallest absolute Gasteiger partial charge is 0.0827 e. The Hall–Kier alpha value is -0.800. The van der Waals surface area contributed by atoms with Gasteiger partial charge in [-0.3, -0.25) is 4.90 Å². The van der Waals surface area contributed by atoms with Crippen molar-refractivity contribution in [2.75, 3.05) is 19.7 Å². The first-order valence-corrected chi connectivity index (χ1v) is 8.36. The van der Waals surface area contributed by atoms with Crippen LogP contribution in [-0.2, 0) is 0 Å². The van der Waals surface area contributed by atoms with Gasteiger partial charge < -0.3 is 10.4 Å². The second kappa shape index (κ2) is 6.77. The van der Waals surface area contributed by atoms with Gasteiger partial charge in [-0.15, -0.1) is 0 Å². The largest absolute Gasteiger partial charge is 0.390 e. The van der Waals surface area contributed by atoms with E-state index in [1.165, 1.54) is 56.9 Å². The zero-order valence-corrected chi connectivity index (χ0v) is 12.5. The van der Waals surface area contributed by atoms with Gasteiger partial charge in [0.25, 0.3) is 0 Å². The summed E-state index contributed by atoms with van der Waals surface area (Å²) in [5.41, 5.74) is 2.42. The van der Waals surface area contributed by atoms with Gasteiger partial charge in [-0.25, -0.2) is 0 Å². The number of hydrogen-bond donors (Lipinski definition) is 2. The van der Waals surface area contributed by atoms with Crippen molar-refractivity contribution in [3.05, 3.63) is 23.4 Å². The van der Waals surface area contributed by atoms with Crippen molar-refractivity contribution in [1.82, 2.24) is 10.2 Å². The van der Waals surface area contributed by atoms with Crippen LogP contribution in [0.25, 0.3) is 0 Å². The highest BCUT2D eigenvalue weighted by atomic mass is 16.3. The summed E-state index contributed by atoms with van der Waals surface area (Å²) in [6.45, 7) is 2.15. The molecule has 2 aliphatic carbocycles. The maximum Gasteiger partial charge on any atom is 0.0827 e. The minimum Gasteiger partial charge on any atom is -0.390 e. The summed E-state index contributed by atoms with van der Waals surface area (Å²) < 4.78 is 0. The summed E-state index contributed by atoms with van der Waals surface area (Å²) in [4.78, 5) is 2.81. The molecule has 1 aliphatic heterocycles. The minimum absolute atomic E-state index is 0.124. The van der Waals surface area contributed by atoms with Crippen LogP contribution in [0, 0.1) is 0 Å². The lowest BCUT2D eigenvalue weighted by atomic mass is 10.1. The summed E-state index contributed by atoms with van der Waals surface area (Å²) >= 11 is 0. The molecule has 2 N–H and O–H groups in total. The van der Waals surface area contributed by atoms with Crippen molar-refractivity contribution >= 4 is 0 Å². The van der Waals surface area contributed by atoms with Crippen LogP contribution in [0.4, 0.5) is 0 Å². The van der Waals surface area contributed by atoms with Gasteiger partial charge in [-0.05, 0) is 37.3 Å². The molecule has 0 saturated heterocycles. The summed E-state index contributed by atoms with van der Waals surface area (Å²) in [5, 5.41) is 12.5. The standard InChI is InChI=1S/C17H28N2O/c20-13-15-10-9-14(11-18-15)12-19(16-5-1-2-6-16)17-7-3-4-8-17/h9-10,16-18,20H,1-8,11-13H2. The van der Waals surface area contributed by atoms with E-state index in [4.69, 9.17) is 5.11 Å². The molecule has 0 aromatic carbocycles. The summed E-state index contributed by atoms with van der Waals surface area (Å²) in [5.74, 6) is 0. The first kappa shape index (κ1) is 14.2. The van der Waals surface area contributed by atoms with Crippen LogP contribution in [0.15, 0.2) is 23.4 Å². The molecule has 0 amide bonds. The molecule has 3 heteroatoms. The maximum atomic E-state index is 9.13. The quantitative estimate of drug-likeness (QED) is 0.810.